The fraction of sp³-hybridized carbons (Fsp3) is 0.524. The number of rotatable bonds is 6. The predicted molar refractivity (Wildman–Crippen MR) is 109 cm³/mol. The number of aryl methyl sites for hydroxylation is 1. The molecule has 0 radical (unpaired) electrons. The molecule has 2 atom stereocenters. The van der Waals surface area contributed by atoms with Crippen molar-refractivity contribution < 1.29 is 14.6 Å². The normalized spacial score (nSPS) is 20.4. The molecule has 4 rings (SSSR count). The maximum absolute atomic E-state index is 12.5. The van der Waals surface area contributed by atoms with Gasteiger partial charge in [-0.1, -0.05) is 0 Å². The molecular formula is C21H27N5O3. The molecule has 0 aromatic carbocycles. The summed E-state index contributed by atoms with van der Waals surface area (Å²) < 4.78 is 5.29. The number of hydrogen-bond donors (Lipinski definition) is 2. The number of aliphatic hydroxyl groups excluding tert-OH is 1. The zero-order valence-corrected chi connectivity index (χ0v) is 16.9. The van der Waals surface area contributed by atoms with Crippen LogP contribution in [0.3, 0.4) is 0 Å². The van der Waals surface area contributed by atoms with Crippen LogP contribution in [0, 0.1) is 0 Å². The highest BCUT2D eigenvalue weighted by atomic mass is 16.5. The van der Waals surface area contributed by atoms with E-state index in [-0.39, 0.29) is 18.5 Å². The third kappa shape index (κ3) is 4.17. The van der Waals surface area contributed by atoms with Crippen LogP contribution in [0.1, 0.15) is 36.9 Å². The molecule has 1 fully saturated rings. The van der Waals surface area contributed by atoms with Gasteiger partial charge in [-0.15, -0.1) is 0 Å². The van der Waals surface area contributed by atoms with Crippen LogP contribution in [-0.4, -0.2) is 58.8 Å². The maximum atomic E-state index is 12.5. The minimum Gasteiger partial charge on any atom is -0.497 e. The Labute approximate surface area is 170 Å². The molecule has 2 heterocycles. The second-order valence-corrected chi connectivity index (χ2v) is 7.76. The van der Waals surface area contributed by atoms with Crippen LogP contribution in [0.2, 0.25) is 0 Å². The van der Waals surface area contributed by atoms with E-state index in [1.807, 2.05) is 18.0 Å². The highest BCUT2D eigenvalue weighted by Crippen LogP contribution is 2.31. The van der Waals surface area contributed by atoms with Crippen LogP contribution < -0.4 is 15.0 Å². The van der Waals surface area contributed by atoms with Gasteiger partial charge in [0.1, 0.15) is 17.3 Å². The van der Waals surface area contributed by atoms with Crippen molar-refractivity contribution in [1.29, 1.82) is 0 Å². The van der Waals surface area contributed by atoms with Crippen LogP contribution in [0.25, 0.3) is 11.5 Å². The summed E-state index contributed by atoms with van der Waals surface area (Å²) in [6.45, 7) is 0.178. The van der Waals surface area contributed by atoms with Crippen molar-refractivity contribution in [3.05, 3.63) is 29.6 Å². The summed E-state index contributed by atoms with van der Waals surface area (Å²) in [5.41, 5.74) is 2.77. The van der Waals surface area contributed by atoms with Crippen LogP contribution >= 0.6 is 0 Å². The van der Waals surface area contributed by atoms with E-state index >= 15 is 0 Å². The number of ether oxygens (including phenoxy) is 1. The van der Waals surface area contributed by atoms with Crippen molar-refractivity contribution >= 4 is 11.7 Å². The molecule has 8 nitrogen and oxygen atoms in total. The number of aromatic nitrogens is 3. The summed E-state index contributed by atoms with van der Waals surface area (Å²) in [7, 11) is 3.48. The van der Waals surface area contributed by atoms with Gasteiger partial charge in [0, 0.05) is 30.6 Å². The fourth-order valence-electron chi connectivity index (χ4n) is 4.15. The smallest absolute Gasteiger partial charge is 0.239 e. The van der Waals surface area contributed by atoms with Gasteiger partial charge in [-0.3, -0.25) is 9.78 Å². The Morgan fingerprint density at radius 2 is 2.17 bits per heavy atom. The van der Waals surface area contributed by atoms with Crippen molar-refractivity contribution in [2.75, 3.05) is 25.6 Å². The summed E-state index contributed by atoms with van der Waals surface area (Å²) in [6.07, 6.45) is 6.58. The van der Waals surface area contributed by atoms with E-state index in [2.05, 4.69) is 10.3 Å². The van der Waals surface area contributed by atoms with Crippen LogP contribution in [-0.2, 0) is 17.6 Å². The summed E-state index contributed by atoms with van der Waals surface area (Å²) in [5, 5.41) is 12.9. The third-order valence-electron chi connectivity index (χ3n) is 5.68. The highest BCUT2D eigenvalue weighted by Gasteiger charge is 2.28. The van der Waals surface area contributed by atoms with E-state index in [4.69, 9.17) is 14.7 Å². The molecule has 2 aromatic heterocycles. The van der Waals surface area contributed by atoms with Gasteiger partial charge in [0.05, 0.1) is 25.8 Å². The average molecular weight is 397 g/mol. The fourth-order valence-corrected chi connectivity index (χ4v) is 4.15. The van der Waals surface area contributed by atoms with Crippen molar-refractivity contribution in [2.24, 2.45) is 0 Å². The molecule has 2 N–H and O–H groups in total. The summed E-state index contributed by atoms with van der Waals surface area (Å²) >= 11 is 0. The van der Waals surface area contributed by atoms with Gasteiger partial charge in [0.25, 0.3) is 0 Å². The first-order valence-corrected chi connectivity index (χ1v) is 10.1. The molecule has 1 amide bonds. The lowest BCUT2D eigenvalue weighted by atomic mass is 10.2. The Bertz CT molecular complexity index is 904. The molecule has 0 saturated heterocycles. The second kappa shape index (κ2) is 8.32. The summed E-state index contributed by atoms with van der Waals surface area (Å²) in [5.74, 6) is 1.90. The molecule has 0 unspecified atom stereocenters. The van der Waals surface area contributed by atoms with Gasteiger partial charge in [-0.2, -0.15) is 0 Å². The van der Waals surface area contributed by atoms with Crippen molar-refractivity contribution in [3.63, 3.8) is 0 Å². The number of hydrogen-bond acceptors (Lipinski definition) is 7. The van der Waals surface area contributed by atoms with Crippen molar-refractivity contribution in [1.82, 2.24) is 20.3 Å². The Morgan fingerprint density at radius 3 is 2.93 bits per heavy atom. The standard InChI is InChI=1S/C21H27N5O3/c1-26(12-19(28)23-16-7-4-8-18(16)27)21-14-5-3-6-15(14)24-20(25-21)17-11-13(29-2)9-10-22-17/h9-11,16,18,27H,3-8,12H2,1-2H3,(H,23,28)/t16-,18-/m0/s1. The van der Waals surface area contributed by atoms with Crippen LogP contribution in [0.15, 0.2) is 18.3 Å². The third-order valence-corrected chi connectivity index (χ3v) is 5.68. The van der Waals surface area contributed by atoms with Gasteiger partial charge >= 0.3 is 0 Å². The van der Waals surface area contributed by atoms with Crippen LogP contribution in [0.5, 0.6) is 5.75 Å². The minimum absolute atomic E-state index is 0.107. The molecule has 2 aliphatic rings. The maximum Gasteiger partial charge on any atom is 0.239 e. The topological polar surface area (TPSA) is 100 Å². The van der Waals surface area contributed by atoms with Crippen molar-refractivity contribution in [2.45, 2.75) is 50.7 Å². The number of fused-ring (bicyclic) bond motifs is 1. The van der Waals surface area contributed by atoms with Crippen molar-refractivity contribution in [3.8, 4) is 17.3 Å². The Balaban J connectivity index is 1.57. The van der Waals surface area contributed by atoms with Gasteiger partial charge in [0.15, 0.2) is 5.82 Å². The summed E-state index contributed by atoms with van der Waals surface area (Å²) in [4.78, 5) is 28.3. The number of likely N-dealkylation sites (N-methyl/N-ethyl adjacent to an activating group) is 1. The van der Waals surface area contributed by atoms with E-state index in [0.29, 0.717) is 17.3 Å². The number of pyridine rings is 1. The molecule has 0 aliphatic heterocycles. The first-order valence-electron chi connectivity index (χ1n) is 10.1. The Morgan fingerprint density at radius 1 is 1.31 bits per heavy atom. The van der Waals surface area contributed by atoms with E-state index in [1.165, 1.54) is 0 Å². The van der Waals surface area contributed by atoms with E-state index in [1.54, 1.807) is 19.4 Å². The van der Waals surface area contributed by atoms with E-state index in [0.717, 1.165) is 55.6 Å². The molecule has 2 aromatic rings. The molecule has 1 saturated carbocycles. The molecule has 29 heavy (non-hydrogen) atoms. The number of nitrogens with zero attached hydrogens (tertiary/aromatic N) is 4. The quantitative estimate of drug-likeness (QED) is 0.762. The number of carbonyl (C=O) groups excluding carboxylic acids is 1. The van der Waals surface area contributed by atoms with Gasteiger partial charge in [-0.25, -0.2) is 9.97 Å². The molecular weight excluding hydrogens is 370 g/mol. The van der Waals surface area contributed by atoms with E-state index in [9.17, 15) is 9.90 Å². The number of nitrogens with one attached hydrogen (secondary N) is 1. The molecule has 8 heteroatoms. The number of aliphatic hydroxyl groups is 1. The van der Waals surface area contributed by atoms with Gasteiger partial charge < -0.3 is 20.1 Å². The Hall–Kier alpha value is -2.74. The SMILES string of the molecule is COc1ccnc(-c2nc3c(c(N(C)CC(=O)N[C@H]4CCC[C@@H]4O)n2)CCC3)c1. The summed E-state index contributed by atoms with van der Waals surface area (Å²) in [6, 6.07) is 3.45. The minimum atomic E-state index is -0.446. The molecule has 2 aliphatic carbocycles. The average Bonchev–Trinajstić information content (AvgIpc) is 3.36. The number of carbonyl (C=O) groups is 1. The zero-order chi connectivity index (χ0) is 20.4. The molecule has 0 spiro atoms. The van der Waals surface area contributed by atoms with Gasteiger partial charge in [0.2, 0.25) is 5.91 Å². The highest BCUT2D eigenvalue weighted by molar-refractivity contribution is 5.81. The molecule has 0 bridgehead atoms. The van der Waals surface area contributed by atoms with E-state index < -0.39 is 6.10 Å². The zero-order valence-electron chi connectivity index (χ0n) is 16.9. The Kier molecular flexibility index (Phi) is 5.62. The first-order chi connectivity index (χ1) is 14.0. The second-order valence-electron chi connectivity index (χ2n) is 7.76. The molecule has 154 valence electrons. The number of anilines is 1. The largest absolute Gasteiger partial charge is 0.497 e. The van der Waals surface area contributed by atoms with Gasteiger partial charge in [-0.05, 0) is 44.6 Å². The first kappa shape index (κ1) is 19.6. The lowest BCUT2D eigenvalue weighted by Gasteiger charge is -2.23. The number of amides is 1. The van der Waals surface area contributed by atoms with Crippen LogP contribution in [0.4, 0.5) is 5.82 Å². The predicted octanol–water partition coefficient (Wildman–Crippen LogP) is 1.50. The monoisotopic (exact) mass is 397 g/mol. The lowest BCUT2D eigenvalue weighted by molar-refractivity contribution is -0.121. The lowest BCUT2D eigenvalue weighted by Crippen LogP contribution is -2.44. The number of methoxy groups -OCH3 is 1.